The molecule has 5 heteroatoms. The minimum atomic E-state index is -0.0695. The number of pyridine rings is 1. The normalized spacial score (nSPS) is 23.9. The zero-order valence-electron chi connectivity index (χ0n) is 13.4. The lowest BCUT2D eigenvalue weighted by Crippen LogP contribution is -2.39. The van der Waals surface area contributed by atoms with Crippen molar-refractivity contribution in [3.8, 4) is 5.88 Å². The number of nitrogens with one attached hydrogen (secondary N) is 1. The number of nitrogens with zero attached hydrogens (tertiary/aromatic N) is 1. The van der Waals surface area contributed by atoms with Crippen molar-refractivity contribution >= 4 is 5.91 Å². The minimum absolute atomic E-state index is 0.0695. The molecule has 1 amide bonds. The highest BCUT2D eigenvalue weighted by Crippen LogP contribution is 2.27. The van der Waals surface area contributed by atoms with E-state index in [1.54, 1.807) is 14.2 Å². The van der Waals surface area contributed by atoms with Gasteiger partial charge >= 0.3 is 0 Å². The molecule has 1 fully saturated rings. The van der Waals surface area contributed by atoms with Crippen LogP contribution in [-0.4, -0.2) is 37.3 Å². The van der Waals surface area contributed by atoms with Gasteiger partial charge in [-0.1, -0.05) is 0 Å². The smallest absolute Gasteiger partial charge is 0.256 e. The first-order valence-corrected chi connectivity index (χ1v) is 8.11. The number of hydrogen-bond acceptors (Lipinski definition) is 4. The highest BCUT2D eigenvalue weighted by Gasteiger charge is 2.25. The van der Waals surface area contributed by atoms with Crippen LogP contribution < -0.4 is 10.1 Å². The monoisotopic (exact) mass is 304 g/mol. The molecule has 2 aliphatic rings. The second-order valence-corrected chi connectivity index (χ2v) is 6.19. The third-order valence-corrected chi connectivity index (χ3v) is 4.80. The first-order chi connectivity index (χ1) is 10.7. The van der Waals surface area contributed by atoms with Crippen molar-refractivity contribution in [3.63, 3.8) is 0 Å². The van der Waals surface area contributed by atoms with Gasteiger partial charge in [0.15, 0.2) is 0 Å². The molecule has 5 nitrogen and oxygen atoms in total. The maximum atomic E-state index is 12.6. The van der Waals surface area contributed by atoms with E-state index in [2.05, 4.69) is 10.3 Å². The van der Waals surface area contributed by atoms with Crippen molar-refractivity contribution in [1.82, 2.24) is 10.3 Å². The number of amides is 1. The van der Waals surface area contributed by atoms with E-state index in [0.717, 1.165) is 50.6 Å². The molecule has 1 aromatic rings. The molecular weight excluding hydrogens is 280 g/mol. The molecule has 1 N–H and O–H groups in total. The van der Waals surface area contributed by atoms with Crippen LogP contribution in [0.25, 0.3) is 0 Å². The van der Waals surface area contributed by atoms with E-state index < -0.39 is 0 Å². The van der Waals surface area contributed by atoms with Gasteiger partial charge in [0.2, 0.25) is 5.88 Å². The second-order valence-electron chi connectivity index (χ2n) is 6.19. The second kappa shape index (κ2) is 6.65. The molecule has 1 heterocycles. The summed E-state index contributed by atoms with van der Waals surface area (Å²) in [4.78, 5) is 17.1. The molecule has 0 atom stereocenters. The highest BCUT2D eigenvalue weighted by atomic mass is 16.5. The predicted octanol–water partition coefficient (Wildman–Crippen LogP) is 2.27. The molecule has 3 rings (SSSR count). The number of carbonyl (C=O) groups is 1. The molecule has 0 spiro atoms. The van der Waals surface area contributed by atoms with Crippen LogP contribution >= 0.6 is 0 Å². The molecule has 120 valence electrons. The Kier molecular flexibility index (Phi) is 4.62. The molecule has 0 aromatic carbocycles. The Hall–Kier alpha value is -1.62. The Balaban J connectivity index is 1.70. The van der Waals surface area contributed by atoms with Gasteiger partial charge in [-0.2, -0.15) is 0 Å². The Bertz CT molecular complexity index is 551. The van der Waals surface area contributed by atoms with E-state index in [9.17, 15) is 4.79 Å². The van der Waals surface area contributed by atoms with Crippen LogP contribution in [0.5, 0.6) is 5.88 Å². The van der Waals surface area contributed by atoms with Crippen molar-refractivity contribution < 1.29 is 14.3 Å². The molecule has 0 aliphatic heterocycles. The summed E-state index contributed by atoms with van der Waals surface area (Å²) in [6, 6.07) is 2.18. The largest absolute Gasteiger partial charge is 0.480 e. The molecule has 22 heavy (non-hydrogen) atoms. The van der Waals surface area contributed by atoms with Crippen LogP contribution in [0.15, 0.2) is 6.07 Å². The third kappa shape index (κ3) is 3.09. The van der Waals surface area contributed by atoms with E-state index in [-0.39, 0.29) is 11.9 Å². The number of methoxy groups -OCH3 is 2. The van der Waals surface area contributed by atoms with Gasteiger partial charge in [-0.3, -0.25) is 4.79 Å². The summed E-state index contributed by atoms with van der Waals surface area (Å²) in [6.07, 6.45) is 7.36. The molecule has 0 unspecified atom stereocenters. The maximum Gasteiger partial charge on any atom is 0.256 e. The van der Waals surface area contributed by atoms with Gasteiger partial charge < -0.3 is 14.8 Å². The van der Waals surface area contributed by atoms with E-state index in [1.807, 2.05) is 6.07 Å². The molecule has 0 bridgehead atoms. The Morgan fingerprint density at radius 2 is 2.00 bits per heavy atom. The summed E-state index contributed by atoms with van der Waals surface area (Å²) in [5.74, 6) is 0.378. The number of aromatic nitrogens is 1. The number of ether oxygens (including phenoxy) is 2. The summed E-state index contributed by atoms with van der Waals surface area (Å²) >= 11 is 0. The number of carbonyl (C=O) groups excluding carboxylic acids is 1. The van der Waals surface area contributed by atoms with E-state index in [0.29, 0.717) is 17.5 Å². The van der Waals surface area contributed by atoms with Gasteiger partial charge in [-0.25, -0.2) is 4.98 Å². The first-order valence-electron chi connectivity index (χ1n) is 8.11. The lowest BCUT2D eigenvalue weighted by atomic mass is 9.93. The zero-order valence-corrected chi connectivity index (χ0v) is 13.4. The average Bonchev–Trinajstić information content (AvgIpc) is 3.01. The van der Waals surface area contributed by atoms with Crippen molar-refractivity contribution in [2.45, 2.75) is 57.1 Å². The summed E-state index contributed by atoms with van der Waals surface area (Å²) < 4.78 is 10.7. The third-order valence-electron chi connectivity index (χ3n) is 4.80. The molecule has 0 radical (unpaired) electrons. The van der Waals surface area contributed by atoms with Crippen molar-refractivity contribution in [2.24, 2.45) is 0 Å². The maximum absolute atomic E-state index is 12.6. The van der Waals surface area contributed by atoms with Crippen LogP contribution in [0, 0.1) is 0 Å². The summed E-state index contributed by atoms with van der Waals surface area (Å²) in [5.41, 5.74) is 2.83. The molecule has 1 saturated carbocycles. The summed E-state index contributed by atoms with van der Waals surface area (Å²) in [6.45, 7) is 0. The summed E-state index contributed by atoms with van der Waals surface area (Å²) in [5, 5.41) is 3.13. The van der Waals surface area contributed by atoms with E-state index >= 15 is 0 Å². The van der Waals surface area contributed by atoms with E-state index in [1.165, 1.54) is 5.56 Å². The quantitative estimate of drug-likeness (QED) is 0.927. The average molecular weight is 304 g/mol. The van der Waals surface area contributed by atoms with Crippen molar-refractivity contribution in [1.29, 1.82) is 0 Å². The van der Waals surface area contributed by atoms with Gasteiger partial charge in [-0.15, -0.1) is 0 Å². The SMILES string of the molecule is COc1nc2c(cc1C(=O)NC1CCC(OC)CC1)CCC2. The van der Waals surface area contributed by atoms with Gasteiger partial charge in [0.25, 0.3) is 5.91 Å². The van der Waals surface area contributed by atoms with Gasteiger partial charge in [0.05, 0.1) is 13.2 Å². The molecule has 0 saturated heterocycles. The lowest BCUT2D eigenvalue weighted by Gasteiger charge is -2.28. The minimum Gasteiger partial charge on any atom is -0.480 e. The number of aryl methyl sites for hydroxylation is 2. The fourth-order valence-electron chi connectivity index (χ4n) is 3.48. The Morgan fingerprint density at radius 3 is 2.68 bits per heavy atom. The topological polar surface area (TPSA) is 60.5 Å². The highest BCUT2D eigenvalue weighted by molar-refractivity contribution is 5.96. The van der Waals surface area contributed by atoms with Crippen LogP contribution in [-0.2, 0) is 17.6 Å². The Labute approximate surface area is 131 Å². The van der Waals surface area contributed by atoms with Gasteiger partial charge in [0, 0.05) is 18.8 Å². The van der Waals surface area contributed by atoms with Crippen molar-refractivity contribution in [3.05, 3.63) is 22.9 Å². The molecular formula is C17H24N2O3. The molecule has 2 aliphatic carbocycles. The first kappa shape index (κ1) is 15.3. The van der Waals surface area contributed by atoms with Crippen LogP contribution in [0.3, 0.4) is 0 Å². The number of rotatable bonds is 4. The van der Waals surface area contributed by atoms with Gasteiger partial charge in [-0.05, 0) is 56.6 Å². The lowest BCUT2D eigenvalue weighted by molar-refractivity contribution is 0.0598. The zero-order chi connectivity index (χ0) is 15.5. The van der Waals surface area contributed by atoms with Crippen LogP contribution in [0.1, 0.15) is 53.7 Å². The summed E-state index contributed by atoms with van der Waals surface area (Å²) in [7, 11) is 3.33. The van der Waals surface area contributed by atoms with Crippen LogP contribution in [0.2, 0.25) is 0 Å². The number of fused-ring (bicyclic) bond motifs is 1. The molecule has 1 aromatic heterocycles. The fraction of sp³-hybridized carbons (Fsp3) is 0.647. The van der Waals surface area contributed by atoms with Gasteiger partial charge in [0.1, 0.15) is 5.56 Å². The predicted molar refractivity (Wildman–Crippen MR) is 83.3 cm³/mol. The van der Waals surface area contributed by atoms with Crippen LogP contribution in [0.4, 0.5) is 0 Å². The van der Waals surface area contributed by atoms with E-state index in [4.69, 9.17) is 9.47 Å². The Morgan fingerprint density at radius 1 is 1.23 bits per heavy atom. The van der Waals surface area contributed by atoms with Crippen molar-refractivity contribution in [2.75, 3.05) is 14.2 Å². The standard InChI is InChI=1S/C17H24N2O3/c1-21-13-8-6-12(7-9-13)18-16(20)14-10-11-4-3-5-15(11)19-17(14)22-2/h10,12-13H,3-9H2,1-2H3,(H,18,20). The number of hydrogen-bond donors (Lipinski definition) is 1. The fourth-order valence-corrected chi connectivity index (χ4v) is 3.48.